The predicted octanol–water partition coefficient (Wildman–Crippen LogP) is 3.83. The molecule has 0 heterocycles. The molecule has 0 bridgehead atoms. The lowest BCUT2D eigenvalue weighted by atomic mass is 10.2. The Morgan fingerprint density at radius 1 is 1.30 bits per heavy atom. The summed E-state index contributed by atoms with van der Waals surface area (Å²) in [4.78, 5) is 11.9. The van der Waals surface area contributed by atoms with Crippen molar-refractivity contribution in [3.8, 4) is 0 Å². The second kappa shape index (κ2) is 7.57. The molecule has 2 unspecified atom stereocenters. The van der Waals surface area contributed by atoms with Crippen molar-refractivity contribution in [1.82, 2.24) is 5.32 Å². The third-order valence-electron chi connectivity index (χ3n) is 2.87. The first kappa shape index (κ1) is 16.9. The van der Waals surface area contributed by atoms with Gasteiger partial charge in [-0.3, -0.25) is 4.79 Å². The second-order valence-electron chi connectivity index (χ2n) is 4.81. The van der Waals surface area contributed by atoms with Crippen LogP contribution in [0.1, 0.15) is 33.6 Å². The lowest BCUT2D eigenvalue weighted by molar-refractivity contribution is -0.122. The van der Waals surface area contributed by atoms with Crippen molar-refractivity contribution in [3.63, 3.8) is 0 Å². The maximum atomic E-state index is 13.7. The fraction of sp³-hybridized carbons (Fsp3) is 0.500. The number of nitrogens with one attached hydrogen (secondary N) is 2. The van der Waals surface area contributed by atoms with Crippen molar-refractivity contribution < 1.29 is 13.6 Å². The van der Waals surface area contributed by atoms with Gasteiger partial charge in [0.15, 0.2) is 0 Å². The number of amides is 1. The van der Waals surface area contributed by atoms with E-state index in [-0.39, 0.29) is 17.6 Å². The molecule has 3 nitrogen and oxygen atoms in total. The molecule has 1 amide bonds. The third kappa shape index (κ3) is 4.74. The first-order valence-electron chi connectivity index (χ1n) is 6.56. The van der Waals surface area contributed by atoms with Gasteiger partial charge < -0.3 is 10.6 Å². The van der Waals surface area contributed by atoms with Gasteiger partial charge in [0.05, 0.1) is 0 Å². The van der Waals surface area contributed by atoms with E-state index in [1.165, 1.54) is 0 Å². The lowest BCUT2D eigenvalue weighted by Crippen LogP contribution is -2.42. The van der Waals surface area contributed by atoms with Crippen LogP contribution < -0.4 is 10.6 Å². The number of rotatable bonds is 6. The van der Waals surface area contributed by atoms with Crippen molar-refractivity contribution in [2.45, 2.75) is 45.7 Å². The highest BCUT2D eigenvalue weighted by Gasteiger charge is 2.18. The molecule has 0 aromatic heterocycles. The van der Waals surface area contributed by atoms with Gasteiger partial charge in [-0.2, -0.15) is 0 Å². The summed E-state index contributed by atoms with van der Waals surface area (Å²) in [5.74, 6) is -1.76. The van der Waals surface area contributed by atoms with Crippen molar-refractivity contribution >= 4 is 27.5 Å². The van der Waals surface area contributed by atoms with Gasteiger partial charge in [0.1, 0.15) is 23.4 Å². The highest BCUT2D eigenvalue weighted by atomic mass is 79.9. The number of anilines is 1. The van der Waals surface area contributed by atoms with E-state index in [0.717, 1.165) is 25.0 Å². The van der Waals surface area contributed by atoms with Gasteiger partial charge in [0.25, 0.3) is 0 Å². The standard InChI is InChI=1S/C14H19BrF2N2O/c1-4-5-8(2)18-14(20)9(3)19-13-11(16)6-10(15)7-12(13)17/h6-9,19H,4-5H2,1-3H3,(H,18,20). The molecule has 2 N–H and O–H groups in total. The zero-order chi connectivity index (χ0) is 15.3. The van der Waals surface area contributed by atoms with Crippen molar-refractivity contribution in [1.29, 1.82) is 0 Å². The van der Waals surface area contributed by atoms with Gasteiger partial charge in [-0.05, 0) is 32.4 Å². The molecule has 2 atom stereocenters. The molecule has 0 aliphatic rings. The minimum atomic E-state index is -0.738. The molecule has 1 aromatic rings. The Morgan fingerprint density at radius 2 is 1.85 bits per heavy atom. The lowest BCUT2D eigenvalue weighted by Gasteiger charge is -2.19. The molecule has 0 spiro atoms. The summed E-state index contributed by atoms with van der Waals surface area (Å²) in [5, 5.41) is 5.37. The molecule has 6 heteroatoms. The van der Waals surface area contributed by atoms with E-state index in [2.05, 4.69) is 26.6 Å². The van der Waals surface area contributed by atoms with E-state index in [1.807, 2.05) is 13.8 Å². The van der Waals surface area contributed by atoms with Crippen LogP contribution in [0, 0.1) is 11.6 Å². The first-order valence-corrected chi connectivity index (χ1v) is 7.35. The Hall–Kier alpha value is -1.17. The third-order valence-corrected chi connectivity index (χ3v) is 3.33. The van der Waals surface area contributed by atoms with Crippen LogP contribution in [0.2, 0.25) is 0 Å². The first-order chi connectivity index (χ1) is 9.35. The number of carbonyl (C=O) groups excluding carboxylic acids is 1. The Balaban J connectivity index is 2.71. The van der Waals surface area contributed by atoms with Crippen LogP contribution in [-0.4, -0.2) is 18.0 Å². The average Bonchev–Trinajstić information content (AvgIpc) is 2.33. The van der Waals surface area contributed by atoms with Crippen LogP contribution >= 0.6 is 15.9 Å². The predicted molar refractivity (Wildman–Crippen MR) is 79.7 cm³/mol. The van der Waals surface area contributed by atoms with E-state index in [0.29, 0.717) is 4.47 Å². The summed E-state index contributed by atoms with van der Waals surface area (Å²) < 4.78 is 27.6. The van der Waals surface area contributed by atoms with Gasteiger partial charge in [0, 0.05) is 10.5 Å². The molecule has 0 saturated heterocycles. The molecule has 0 aliphatic carbocycles. The molecule has 112 valence electrons. The Morgan fingerprint density at radius 3 is 2.35 bits per heavy atom. The van der Waals surface area contributed by atoms with Crippen LogP contribution in [0.15, 0.2) is 16.6 Å². The van der Waals surface area contributed by atoms with E-state index >= 15 is 0 Å². The van der Waals surface area contributed by atoms with Crippen molar-refractivity contribution in [3.05, 3.63) is 28.2 Å². The van der Waals surface area contributed by atoms with Gasteiger partial charge in [0.2, 0.25) is 5.91 Å². The highest BCUT2D eigenvalue weighted by molar-refractivity contribution is 9.10. The van der Waals surface area contributed by atoms with Gasteiger partial charge in [-0.25, -0.2) is 8.78 Å². The largest absolute Gasteiger partial charge is 0.369 e. The number of halogens is 3. The summed E-state index contributed by atoms with van der Waals surface area (Å²) in [6, 6.07) is 1.61. The number of carbonyl (C=O) groups is 1. The van der Waals surface area contributed by atoms with E-state index in [1.54, 1.807) is 6.92 Å². The maximum absolute atomic E-state index is 13.7. The normalized spacial score (nSPS) is 13.7. The summed E-state index contributed by atoms with van der Waals surface area (Å²) >= 11 is 3.01. The second-order valence-corrected chi connectivity index (χ2v) is 5.72. The molecular formula is C14H19BrF2N2O. The molecular weight excluding hydrogens is 330 g/mol. The summed E-state index contributed by atoms with van der Waals surface area (Å²) in [6.07, 6.45) is 1.82. The molecule has 20 heavy (non-hydrogen) atoms. The Bertz CT molecular complexity index is 459. The monoisotopic (exact) mass is 348 g/mol. The fourth-order valence-electron chi connectivity index (χ4n) is 1.84. The van der Waals surface area contributed by atoms with E-state index in [9.17, 15) is 13.6 Å². The van der Waals surface area contributed by atoms with Crippen molar-refractivity contribution in [2.24, 2.45) is 0 Å². The summed E-state index contributed by atoms with van der Waals surface area (Å²) in [7, 11) is 0. The van der Waals surface area contributed by atoms with Crippen LogP contribution in [0.25, 0.3) is 0 Å². The molecule has 0 saturated carbocycles. The zero-order valence-corrected chi connectivity index (χ0v) is 13.4. The SMILES string of the molecule is CCCC(C)NC(=O)C(C)Nc1c(F)cc(Br)cc1F. The quantitative estimate of drug-likeness (QED) is 0.820. The average molecular weight is 349 g/mol. The highest BCUT2D eigenvalue weighted by Crippen LogP contribution is 2.24. The molecule has 0 fully saturated rings. The van der Waals surface area contributed by atoms with Crippen LogP contribution in [0.5, 0.6) is 0 Å². The molecule has 1 aromatic carbocycles. The summed E-state index contributed by atoms with van der Waals surface area (Å²) in [6.45, 7) is 5.49. The van der Waals surface area contributed by atoms with Crippen LogP contribution in [0.3, 0.4) is 0 Å². The van der Waals surface area contributed by atoms with Crippen molar-refractivity contribution in [2.75, 3.05) is 5.32 Å². The van der Waals surface area contributed by atoms with E-state index in [4.69, 9.17) is 0 Å². The topological polar surface area (TPSA) is 41.1 Å². The van der Waals surface area contributed by atoms with E-state index < -0.39 is 17.7 Å². The molecule has 0 aliphatic heterocycles. The minimum Gasteiger partial charge on any atom is -0.369 e. The Kier molecular flexibility index (Phi) is 6.39. The fourth-order valence-corrected chi connectivity index (χ4v) is 2.24. The van der Waals surface area contributed by atoms with Crippen LogP contribution in [0.4, 0.5) is 14.5 Å². The maximum Gasteiger partial charge on any atom is 0.242 e. The number of hydrogen-bond acceptors (Lipinski definition) is 2. The zero-order valence-electron chi connectivity index (χ0n) is 11.8. The molecule has 1 rings (SSSR count). The number of benzene rings is 1. The van der Waals surface area contributed by atoms with Crippen LogP contribution in [-0.2, 0) is 4.79 Å². The number of hydrogen-bond donors (Lipinski definition) is 2. The van der Waals surface area contributed by atoms with Gasteiger partial charge >= 0.3 is 0 Å². The smallest absolute Gasteiger partial charge is 0.242 e. The van der Waals surface area contributed by atoms with Gasteiger partial charge in [-0.15, -0.1) is 0 Å². The van der Waals surface area contributed by atoms with Gasteiger partial charge in [-0.1, -0.05) is 29.3 Å². The Labute approximate surface area is 126 Å². The summed E-state index contributed by atoms with van der Waals surface area (Å²) in [5.41, 5.74) is -0.293. The molecule has 0 radical (unpaired) electrons. The minimum absolute atomic E-state index is 0.0383.